The van der Waals surface area contributed by atoms with E-state index in [0.29, 0.717) is 6.54 Å². The number of thioether (sulfide) groups is 1. The topological polar surface area (TPSA) is 47.0 Å². The number of fused-ring (bicyclic) bond motifs is 1. The number of benzene rings is 2. The molecule has 0 aliphatic carbocycles. The largest absolute Gasteiger partial charge is 0.508 e. The van der Waals surface area contributed by atoms with E-state index in [4.69, 9.17) is 0 Å². The van der Waals surface area contributed by atoms with E-state index in [9.17, 15) is 9.90 Å². The molecule has 1 saturated heterocycles. The summed E-state index contributed by atoms with van der Waals surface area (Å²) in [4.78, 5) is 20.5. The molecule has 5 nitrogen and oxygen atoms in total. The van der Waals surface area contributed by atoms with Gasteiger partial charge < -0.3 is 14.9 Å². The van der Waals surface area contributed by atoms with E-state index in [0.717, 1.165) is 49.9 Å². The molecular formula is C20H23N3O2S. The summed E-state index contributed by atoms with van der Waals surface area (Å²) < 4.78 is 0. The van der Waals surface area contributed by atoms with Gasteiger partial charge in [-0.3, -0.25) is 9.69 Å². The second-order valence-corrected chi connectivity index (χ2v) is 7.78. The van der Waals surface area contributed by atoms with Gasteiger partial charge >= 0.3 is 0 Å². The van der Waals surface area contributed by atoms with Gasteiger partial charge in [0.1, 0.15) is 5.75 Å². The van der Waals surface area contributed by atoms with Crippen molar-refractivity contribution in [1.29, 1.82) is 0 Å². The van der Waals surface area contributed by atoms with Crippen LogP contribution in [-0.4, -0.2) is 60.9 Å². The maximum Gasteiger partial charge on any atom is 0.241 e. The minimum atomic E-state index is 0.191. The number of hydrogen-bond donors (Lipinski definition) is 1. The number of anilines is 2. The smallest absolute Gasteiger partial charge is 0.241 e. The minimum Gasteiger partial charge on any atom is -0.508 e. The summed E-state index contributed by atoms with van der Waals surface area (Å²) >= 11 is 1.82. The lowest BCUT2D eigenvalue weighted by Crippen LogP contribution is -2.50. The number of nitrogens with zero attached hydrogens (tertiary/aromatic N) is 3. The Kier molecular flexibility index (Phi) is 5.04. The van der Waals surface area contributed by atoms with Crippen molar-refractivity contribution in [3.8, 4) is 5.75 Å². The molecule has 0 spiro atoms. The molecule has 2 aromatic rings. The first-order valence-corrected chi connectivity index (χ1v) is 9.98. The Bertz CT molecular complexity index is 773. The molecule has 4 rings (SSSR count). The summed E-state index contributed by atoms with van der Waals surface area (Å²) in [5.41, 5.74) is 2.17. The third-order valence-corrected chi connectivity index (χ3v) is 6.02. The molecule has 6 heteroatoms. The third kappa shape index (κ3) is 3.66. The van der Waals surface area contributed by atoms with Crippen molar-refractivity contribution in [2.75, 3.05) is 54.8 Å². The van der Waals surface area contributed by atoms with Crippen molar-refractivity contribution >= 4 is 29.0 Å². The van der Waals surface area contributed by atoms with Crippen molar-refractivity contribution in [2.24, 2.45) is 0 Å². The summed E-state index contributed by atoms with van der Waals surface area (Å²) in [7, 11) is 0. The van der Waals surface area contributed by atoms with Crippen molar-refractivity contribution < 1.29 is 9.90 Å². The Hall–Kier alpha value is -2.18. The zero-order valence-electron chi connectivity index (χ0n) is 14.7. The molecule has 26 heavy (non-hydrogen) atoms. The van der Waals surface area contributed by atoms with E-state index < -0.39 is 0 Å². The number of phenols is 1. The second-order valence-electron chi connectivity index (χ2n) is 6.64. The highest BCUT2D eigenvalue weighted by molar-refractivity contribution is 7.99. The normalized spacial score (nSPS) is 17.8. The Morgan fingerprint density at radius 2 is 1.69 bits per heavy atom. The maximum atomic E-state index is 12.9. The van der Waals surface area contributed by atoms with Crippen LogP contribution in [0.1, 0.15) is 0 Å². The minimum absolute atomic E-state index is 0.191. The lowest BCUT2D eigenvalue weighted by atomic mass is 10.2. The fourth-order valence-electron chi connectivity index (χ4n) is 3.53. The van der Waals surface area contributed by atoms with Crippen LogP contribution in [-0.2, 0) is 4.79 Å². The molecule has 136 valence electrons. The Labute approximate surface area is 158 Å². The van der Waals surface area contributed by atoms with Gasteiger partial charge in [0.25, 0.3) is 0 Å². The van der Waals surface area contributed by atoms with Crippen LogP contribution in [0.3, 0.4) is 0 Å². The van der Waals surface area contributed by atoms with Gasteiger partial charge in [-0.1, -0.05) is 12.1 Å². The third-order valence-electron chi connectivity index (χ3n) is 4.98. The zero-order valence-corrected chi connectivity index (χ0v) is 15.5. The number of para-hydroxylation sites is 1. The van der Waals surface area contributed by atoms with Gasteiger partial charge in [0.15, 0.2) is 0 Å². The molecule has 1 fully saturated rings. The number of carbonyl (C=O) groups is 1. The summed E-state index contributed by atoms with van der Waals surface area (Å²) in [6.07, 6.45) is 0. The van der Waals surface area contributed by atoms with Crippen molar-refractivity contribution in [2.45, 2.75) is 4.90 Å². The van der Waals surface area contributed by atoms with Crippen molar-refractivity contribution in [1.82, 2.24) is 4.90 Å². The number of hydrogen-bond acceptors (Lipinski definition) is 5. The van der Waals surface area contributed by atoms with E-state index in [1.165, 1.54) is 4.90 Å². The molecular weight excluding hydrogens is 346 g/mol. The van der Waals surface area contributed by atoms with Crippen LogP contribution >= 0.6 is 11.8 Å². The number of rotatable bonds is 3. The van der Waals surface area contributed by atoms with Crippen LogP contribution in [0, 0.1) is 0 Å². The zero-order chi connectivity index (χ0) is 17.9. The van der Waals surface area contributed by atoms with Crippen LogP contribution in [0.5, 0.6) is 5.75 Å². The molecule has 0 unspecified atom stereocenters. The molecule has 0 aromatic heterocycles. The van der Waals surface area contributed by atoms with E-state index >= 15 is 0 Å². The highest BCUT2D eigenvalue weighted by Gasteiger charge is 2.26. The van der Waals surface area contributed by atoms with Crippen LogP contribution in [0.2, 0.25) is 0 Å². The SMILES string of the molecule is O=C(CN1CCN(c2ccc(O)cc2)CC1)N1CCSc2ccccc21. The molecule has 2 aromatic carbocycles. The predicted molar refractivity (Wildman–Crippen MR) is 106 cm³/mol. The fourth-order valence-corrected chi connectivity index (χ4v) is 4.53. The molecule has 0 radical (unpaired) electrons. The standard InChI is InChI=1S/C20H23N3O2S/c24-17-7-5-16(6-8-17)22-11-9-21(10-12-22)15-20(25)23-13-14-26-19-4-2-1-3-18(19)23/h1-8,24H,9-15H2. The van der Waals surface area contributed by atoms with E-state index in [1.54, 1.807) is 12.1 Å². The molecule has 2 aliphatic heterocycles. The van der Waals surface area contributed by atoms with E-state index in [1.807, 2.05) is 47.0 Å². The maximum absolute atomic E-state index is 12.9. The van der Waals surface area contributed by atoms with Gasteiger partial charge in [0.05, 0.1) is 12.2 Å². The van der Waals surface area contributed by atoms with Crippen LogP contribution in [0.25, 0.3) is 0 Å². The first-order valence-electron chi connectivity index (χ1n) is 8.99. The quantitative estimate of drug-likeness (QED) is 0.901. The molecule has 0 saturated carbocycles. The second kappa shape index (κ2) is 7.60. The fraction of sp³-hybridized carbons (Fsp3) is 0.350. The highest BCUT2D eigenvalue weighted by Crippen LogP contribution is 2.34. The molecule has 1 amide bonds. The molecule has 0 atom stereocenters. The van der Waals surface area contributed by atoms with Crippen LogP contribution < -0.4 is 9.80 Å². The summed E-state index contributed by atoms with van der Waals surface area (Å²) in [6.45, 7) is 4.79. The average molecular weight is 369 g/mol. The lowest BCUT2D eigenvalue weighted by Gasteiger charge is -2.37. The predicted octanol–water partition coefficient (Wildman–Crippen LogP) is 2.65. The Morgan fingerprint density at radius 1 is 0.962 bits per heavy atom. The highest BCUT2D eigenvalue weighted by atomic mass is 32.2. The van der Waals surface area contributed by atoms with Gasteiger partial charge in [-0.05, 0) is 36.4 Å². The number of phenolic OH excluding ortho intramolecular Hbond substituents is 1. The van der Waals surface area contributed by atoms with Crippen LogP contribution in [0.4, 0.5) is 11.4 Å². The van der Waals surface area contributed by atoms with Gasteiger partial charge in [-0.25, -0.2) is 0 Å². The van der Waals surface area contributed by atoms with Gasteiger partial charge in [-0.2, -0.15) is 0 Å². The van der Waals surface area contributed by atoms with Crippen molar-refractivity contribution in [3.05, 3.63) is 48.5 Å². The lowest BCUT2D eigenvalue weighted by molar-refractivity contribution is -0.119. The average Bonchev–Trinajstić information content (AvgIpc) is 2.69. The molecule has 1 N–H and O–H groups in total. The number of piperazine rings is 1. The van der Waals surface area contributed by atoms with E-state index in [-0.39, 0.29) is 11.7 Å². The molecule has 0 bridgehead atoms. The number of amides is 1. The summed E-state index contributed by atoms with van der Waals surface area (Å²) in [6, 6.07) is 15.5. The number of aromatic hydroxyl groups is 1. The molecule has 2 heterocycles. The number of carbonyl (C=O) groups excluding carboxylic acids is 1. The monoisotopic (exact) mass is 369 g/mol. The Morgan fingerprint density at radius 3 is 2.46 bits per heavy atom. The first-order chi connectivity index (χ1) is 12.7. The van der Waals surface area contributed by atoms with Crippen molar-refractivity contribution in [3.63, 3.8) is 0 Å². The molecule has 2 aliphatic rings. The summed E-state index contributed by atoms with van der Waals surface area (Å²) in [5, 5.41) is 9.42. The van der Waals surface area contributed by atoms with E-state index in [2.05, 4.69) is 15.9 Å². The van der Waals surface area contributed by atoms with Gasteiger partial charge in [-0.15, -0.1) is 11.8 Å². The summed E-state index contributed by atoms with van der Waals surface area (Å²) in [5.74, 6) is 1.44. The Balaban J connectivity index is 1.35. The van der Waals surface area contributed by atoms with Gasteiger partial charge in [0.2, 0.25) is 5.91 Å². The van der Waals surface area contributed by atoms with Gasteiger partial charge in [0, 0.05) is 49.1 Å². The first kappa shape index (κ1) is 17.2. The van der Waals surface area contributed by atoms with Crippen LogP contribution in [0.15, 0.2) is 53.4 Å².